The molecule has 0 unspecified atom stereocenters. The quantitative estimate of drug-likeness (QED) is 0.718. The molecule has 1 aromatic heterocycles. The molecule has 0 aromatic carbocycles. The maximum atomic E-state index is 12.4. The van der Waals surface area contributed by atoms with Crippen LogP contribution in [0.1, 0.15) is 60.3 Å². The van der Waals surface area contributed by atoms with Gasteiger partial charge in [0, 0.05) is 25.1 Å². The van der Waals surface area contributed by atoms with Crippen molar-refractivity contribution in [2.24, 2.45) is 0 Å². The Morgan fingerprint density at radius 2 is 1.72 bits per heavy atom. The standard InChI is InChI=1S/C14H20N2O2/c17-14(16-9-5-2-6-10-16)13-11-7-3-1-4-8-12(11)18-15-13/h1-10H2. The first-order chi connectivity index (χ1) is 8.86. The number of likely N-dealkylation sites (tertiary alicyclic amines) is 1. The minimum absolute atomic E-state index is 0.0848. The van der Waals surface area contributed by atoms with E-state index in [1.807, 2.05) is 4.90 Å². The van der Waals surface area contributed by atoms with Gasteiger partial charge in [-0.15, -0.1) is 0 Å². The first kappa shape index (κ1) is 11.8. The maximum Gasteiger partial charge on any atom is 0.276 e. The fraction of sp³-hybridized carbons (Fsp3) is 0.714. The number of hydrogen-bond acceptors (Lipinski definition) is 3. The molecular formula is C14H20N2O2. The van der Waals surface area contributed by atoms with Crippen LogP contribution >= 0.6 is 0 Å². The lowest BCUT2D eigenvalue weighted by atomic mass is 10.1. The number of hydrogen-bond donors (Lipinski definition) is 0. The second kappa shape index (κ2) is 5.12. The third-order valence-corrected chi connectivity index (χ3v) is 4.05. The van der Waals surface area contributed by atoms with Gasteiger partial charge in [-0.1, -0.05) is 11.6 Å². The van der Waals surface area contributed by atoms with Gasteiger partial charge in [0.25, 0.3) is 5.91 Å². The highest BCUT2D eigenvalue weighted by Crippen LogP contribution is 2.25. The molecule has 1 aliphatic carbocycles. The minimum atomic E-state index is 0.0848. The van der Waals surface area contributed by atoms with Crippen LogP contribution in [0.3, 0.4) is 0 Å². The van der Waals surface area contributed by atoms with E-state index in [1.165, 1.54) is 12.8 Å². The van der Waals surface area contributed by atoms with E-state index in [0.717, 1.165) is 62.9 Å². The van der Waals surface area contributed by atoms with Gasteiger partial charge in [-0.05, 0) is 38.5 Å². The average molecular weight is 248 g/mol. The van der Waals surface area contributed by atoms with Gasteiger partial charge in [-0.3, -0.25) is 4.79 Å². The van der Waals surface area contributed by atoms with Gasteiger partial charge in [0.2, 0.25) is 0 Å². The Morgan fingerprint density at radius 3 is 2.56 bits per heavy atom. The number of piperidine rings is 1. The molecule has 98 valence electrons. The normalized spacial score (nSPS) is 20.3. The van der Waals surface area contributed by atoms with Crippen LogP contribution in [-0.4, -0.2) is 29.1 Å². The molecule has 0 atom stereocenters. The minimum Gasteiger partial charge on any atom is -0.360 e. The average Bonchev–Trinajstić information content (AvgIpc) is 2.68. The van der Waals surface area contributed by atoms with Crippen LogP contribution in [0.25, 0.3) is 0 Å². The molecule has 2 heterocycles. The molecule has 1 aromatic rings. The summed E-state index contributed by atoms with van der Waals surface area (Å²) in [6.07, 6.45) is 8.89. The summed E-state index contributed by atoms with van der Waals surface area (Å²) in [5.74, 6) is 1.04. The van der Waals surface area contributed by atoms with E-state index in [4.69, 9.17) is 4.52 Å². The zero-order valence-corrected chi connectivity index (χ0v) is 10.8. The Hall–Kier alpha value is -1.32. The van der Waals surface area contributed by atoms with E-state index < -0.39 is 0 Å². The van der Waals surface area contributed by atoms with Gasteiger partial charge in [-0.2, -0.15) is 0 Å². The number of amides is 1. The Bertz CT molecular complexity index is 433. The van der Waals surface area contributed by atoms with Crippen LogP contribution in [0.5, 0.6) is 0 Å². The van der Waals surface area contributed by atoms with Crippen molar-refractivity contribution in [1.29, 1.82) is 0 Å². The summed E-state index contributed by atoms with van der Waals surface area (Å²) in [5.41, 5.74) is 1.68. The molecule has 3 rings (SSSR count). The Kier molecular flexibility index (Phi) is 3.35. The van der Waals surface area contributed by atoms with Gasteiger partial charge in [-0.25, -0.2) is 0 Å². The Morgan fingerprint density at radius 1 is 1.00 bits per heavy atom. The molecule has 0 N–H and O–H groups in total. The predicted molar refractivity (Wildman–Crippen MR) is 67.5 cm³/mol. The summed E-state index contributed by atoms with van der Waals surface area (Å²) in [5, 5.41) is 4.05. The van der Waals surface area contributed by atoms with Crippen molar-refractivity contribution >= 4 is 5.91 Å². The lowest BCUT2D eigenvalue weighted by Gasteiger charge is -2.26. The number of aryl methyl sites for hydroxylation is 1. The van der Waals surface area contributed by atoms with Gasteiger partial charge in [0.1, 0.15) is 5.76 Å². The van der Waals surface area contributed by atoms with E-state index in [0.29, 0.717) is 5.69 Å². The second-order valence-corrected chi connectivity index (χ2v) is 5.35. The van der Waals surface area contributed by atoms with Crippen LogP contribution in [0.4, 0.5) is 0 Å². The fourth-order valence-corrected chi connectivity index (χ4v) is 2.98. The predicted octanol–water partition coefficient (Wildman–Crippen LogP) is 2.57. The van der Waals surface area contributed by atoms with E-state index in [2.05, 4.69) is 5.16 Å². The molecule has 18 heavy (non-hydrogen) atoms. The summed E-state index contributed by atoms with van der Waals surface area (Å²) in [7, 11) is 0. The van der Waals surface area contributed by atoms with Crippen LogP contribution < -0.4 is 0 Å². The van der Waals surface area contributed by atoms with Crippen LogP contribution in [0.2, 0.25) is 0 Å². The molecule has 1 aliphatic heterocycles. The van der Waals surface area contributed by atoms with Crippen molar-refractivity contribution < 1.29 is 9.32 Å². The molecule has 0 radical (unpaired) electrons. The lowest BCUT2D eigenvalue weighted by molar-refractivity contribution is 0.0712. The highest BCUT2D eigenvalue weighted by molar-refractivity contribution is 5.93. The molecule has 0 saturated carbocycles. The summed E-state index contributed by atoms with van der Waals surface area (Å²) in [4.78, 5) is 14.4. The molecule has 4 heteroatoms. The highest BCUT2D eigenvalue weighted by atomic mass is 16.5. The van der Waals surface area contributed by atoms with Crippen molar-refractivity contribution in [3.8, 4) is 0 Å². The molecule has 0 bridgehead atoms. The molecule has 1 amide bonds. The van der Waals surface area contributed by atoms with E-state index in [1.54, 1.807) is 0 Å². The van der Waals surface area contributed by atoms with E-state index >= 15 is 0 Å². The van der Waals surface area contributed by atoms with Crippen molar-refractivity contribution in [2.45, 2.75) is 51.4 Å². The fourth-order valence-electron chi connectivity index (χ4n) is 2.98. The highest BCUT2D eigenvalue weighted by Gasteiger charge is 2.27. The van der Waals surface area contributed by atoms with Crippen molar-refractivity contribution in [2.75, 3.05) is 13.1 Å². The number of carbonyl (C=O) groups is 1. The van der Waals surface area contributed by atoms with Crippen molar-refractivity contribution in [1.82, 2.24) is 10.1 Å². The number of rotatable bonds is 1. The van der Waals surface area contributed by atoms with Gasteiger partial charge in [0.05, 0.1) is 0 Å². The topological polar surface area (TPSA) is 46.3 Å². The molecule has 0 spiro atoms. The summed E-state index contributed by atoms with van der Waals surface area (Å²) in [6.45, 7) is 1.75. The number of aromatic nitrogens is 1. The van der Waals surface area contributed by atoms with E-state index in [9.17, 15) is 4.79 Å². The van der Waals surface area contributed by atoms with Gasteiger partial charge in [0.15, 0.2) is 5.69 Å². The summed E-state index contributed by atoms with van der Waals surface area (Å²) < 4.78 is 5.38. The SMILES string of the molecule is O=C(c1noc2c1CCCCC2)N1CCCCC1. The molecule has 1 fully saturated rings. The zero-order chi connectivity index (χ0) is 12.4. The second-order valence-electron chi connectivity index (χ2n) is 5.35. The largest absolute Gasteiger partial charge is 0.360 e. The summed E-state index contributed by atoms with van der Waals surface area (Å²) in [6, 6.07) is 0. The molecular weight excluding hydrogens is 228 g/mol. The smallest absolute Gasteiger partial charge is 0.276 e. The first-order valence-corrected chi connectivity index (χ1v) is 7.13. The van der Waals surface area contributed by atoms with Crippen molar-refractivity contribution in [3.63, 3.8) is 0 Å². The number of nitrogens with zero attached hydrogens (tertiary/aromatic N) is 2. The van der Waals surface area contributed by atoms with Crippen LogP contribution in [-0.2, 0) is 12.8 Å². The third-order valence-electron chi connectivity index (χ3n) is 4.05. The van der Waals surface area contributed by atoms with Gasteiger partial charge < -0.3 is 9.42 Å². The summed E-state index contributed by atoms with van der Waals surface area (Å²) >= 11 is 0. The maximum absolute atomic E-state index is 12.4. The van der Waals surface area contributed by atoms with Crippen LogP contribution in [0, 0.1) is 0 Å². The number of fused-ring (bicyclic) bond motifs is 1. The van der Waals surface area contributed by atoms with Crippen molar-refractivity contribution in [3.05, 3.63) is 17.0 Å². The Balaban J connectivity index is 1.83. The number of carbonyl (C=O) groups excluding carboxylic acids is 1. The van der Waals surface area contributed by atoms with Crippen LogP contribution in [0.15, 0.2) is 4.52 Å². The molecule has 4 nitrogen and oxygen atoms in total. The third kappa shape index (κ3) is 2.16. The monoisotopic (exact) mass is 248 g/mol. The van der Waals surface area contributed by atoms with E-state index in [-0.39, 0.29) is 5.91 Å². The zero-order valence-electron chi connectivity index (χ0n) is 10.8. The molecule has 2 aliphatic rings. The first-order valence-electron chi connectivity index (χ1n) is 7.13. The lowest BCUT2D eigenvalue weighted by Crippen LogP contribution is -2.36. The molecule has 1 saturated heterocycles. The van der Waals surface area contributed by atoms with Gasteiger partial charge >= 0.3 is 0 Å². The Labute approximate surface area is 107 Å².